The third kappa shape index (κ3) is 4.65. The number of aromatic nitrogens is 3. The molecule has 8 heteroatoms. The van der Waals surface area contributed by atoms with Gasteiger partial charge >= 0.3 is 0 Å². The van der Waals surface area contributed by atoms with E-state index in [-0.39, 0.29) is 17.7 Å². The first kappa shape index (κ1) is 24.5. The van der Waals surface area contributed by atoms with Gasteiger partial charge in [-0.15, -0.1) is 0 Å². The molecule has 0 radical (unpaired) electrons. The average molecular weight is 519 g/mol. The second-order valence-corrected chi connectivity index (χ2v) is 10.3. The number of fused-ring (bicyclic) bond motifs is 2. The number of hydrogen-bond donors (Lipinski definition) is 3. The summed E-state index contributed by atoms with van der Waals surface area (Å²) >= 11 is 0. The first-order chi connectivity index (χ1) is 18.9. The molecule has 0 saturated heterocycles. The van der Waals surface area contributed by atoms with Crippen molar-refractivity contribution in [3.05, 3.63) is 113 Å². The molecule has 0 saturated carbocycles. The van der Waals surface area contributed by atoms with Crippen LogP contribution >= 0.6 is 0 Å². The Bertz CT molecular complexity index is 1700. The lowest BCUT2D eigenvalue weighted by Crippen LogP contribution is -2.38. The Morgan fingerprint density at radius 3 is 2.72 bits per heavy atom. The van der Waals surface area contributed by atoms with Crippen molar-refractivity contribution in [3.63, 3.8) is 0 Å². The van der Waals surface area contributed by atoms with Gasteiger partial charge in [-0.25, -0.2) is 0 Å². The summed E-state index contributed by atoms with van der Waals surface area (Å²) in [4.78, 5) is 31.7. The summed E-state index contributed by atoms with van der Waals surface area (Å²) in [5, 5.41) is 10.0. The van der Waals surface area contributed by atoms with Crippen molar-refractivity contribution in [1.29, 1.82) is 0 Å². The number of anilines is 2. The van der Waals surface area contributed by atoms with E-state index in [0.29, 0.717) is 42.4 Å². The molecule has 0 unspecified atom stereocenters. The molecular weight excluding hydrogens is 488 g/mol. The third-order valence-corrected chi connectivity index (χ3v) is 7.33. The molecule has 3 heterocycles. The fraction of sp³-hybridized carbons (Fsp3) is 0.194. The number of carbonyl (C=O) groups is 2. The molecule has 196 valence electrons. The van der Waals surface area contributed by atoms with Crippen molar-refractivity contribution < 1.29 is 9.59 Å². The van der Waals surface area contributed by atoms with E-state index < -0.39 is 0 Å². The molecule has 0 spiro atoms. The maximum absolute atomic E-state index is 13.6. The highest BCUT2D eigenvalue weighted by atomic mass is 16.2. The van der Waals surface area contributed by atoms with E-state index in [1.807, 2.05) is 72.3 Å². The maximum Gasteiger partial charge on any atom is 0.276 e. The number of hydrogen-bond acceptors (Lipinski definition) is 4. The summed E-state index contributed by atoms with van der Waals surface area (Å²) in [6.07, 6.45) is 1.74. The van der Waals surface area contributed by atoms with Crippen LogP contribution in [0.3, 0.4) is 0 Å². The first-order valence-corrected chi connectivity index (χ1v) is 13.0. The second kappa shape index (κ2) is 9.79. The van der Waals surface area contributed by atoms with E-state index in [9.17, 15) is 9.59 Å². The van der Waals surface area contributed by atoms with Crippen LogP contribution < -0.4 is 11.1 Å². The van der Waals surface area contributed by atoms with E-state index in [1.165, 1.54) is 0 Å². The predicted octanol–water partition coefficient (Wildman–Crippen LogP) is 5.32. The maximum atomic E-state index is 13.6. The molecule has 0 aliphatic carbocycles. The van der Waals surface area contributed by atoms with Gasteiger partial charge in [0.25, 0.3) is 11.8 Å². The van der Waals surface area contributed by atoms with E-state index in [1.54, 1.807) is 17.2 Å². The number of benzene rings is 3. The first-order valence-electron chi connectivity index (χ1n) is 13.0. The average Bonchev–Trinajstić information content (AvgIpc) is 3.57. The van der Waals surface area contributed by atoms with Crippen LogP contribution in [0.2, 0.25) is 0 Å². The highest BCUT2D eigenvalue weighted by Crippen LogP contribution is 2.33. The van der Waals surface area contributed by atoms with E-state index >= 15 is 0 Å². The number of rotatable bonds is 5. The Morgan fingerprint density at radius 2 is 1.92 bits per heavy atom. The number of aromatic amines is 1. The zero-order valence-electron chi connectivity index (χ0n) is 21.9. The van der Waals surface area contributed by atoms with Crippen molar-refractivity contribution >= 4 is 34.0 Å². The zero-order chi connectivity index (χ0) is 27.1. The van der Waals surface area contributed by atoms with E-state index in [4.69, 9.17) is 10.8 Å². The molecule has 3 aromatic carbocycles. The van der Waals surface area contributed by atoms with Crippen LogP contribution in [0.4, 0.5) is 11.4 Å². The molecule has 1 aliphatic heterocycles. The molecular formula is C31H30N6O2. The van der Waals surface area contributed by atoms with Gasteiger partial charge in [-0.3, -0.25) is 14.3 Å². The summed E-state index contributed by atoms with van der Waals surface area (Å²) in [6.45, 7) is 5.39. The van der Waals surface area contributed by atoms with Crippen molar-refractivity contribution in [2.45, 2.75) is 32.9 Å². The number of nitrogens with two attached hydrogens (primary N) is 1. The SMILES string of the molecule is Cc1cccc(NC(=O)c2nn(Cc3cccc4cc(N)ccc34)c3c2CN(C(=O)c2ccc[nH]2)C[C@@H]3C)c1. The van der Waals surface area contributed by atoms with E-state index in [2.05, 4.69) is 23.3 Å². The molecule has 39 heavy (non-hydrogen) atoms. The van der Waals surface area contributed by atoms with E-state index in [0.717, 1.165) is 33.2 Å². The standard InChI is InChI=1S/C31H30N6O2/c1-19-6-3-9-24(14-19)34-30(38)28-26-18-36(31(39)27-10-5-13-33-27)16-20(2)29(26)37(35-28)17-22-8-4-7-21-15-23(32)11-12-25(21)22/h3-15,20,33H,16-18,32H2,1-2H3,(H,34,38)/t20-/m0/s1. The smallest absolute Gasteiger partial charge is 0.276 e. The number of carbonyl (C=O) groups excluding carboxylic acids is 2. The van der Waals surface area contributed by atoms with Gasteiger partial charge in [-0.05, 0) is 65.2 Å². The molecule has 2 aromatic heterocycles. The molecule has 1 atom stereocenters. The van der Waals surface area contributed by atoms with Gasteiger partial charge in [-0.2, -0.15) is 5.10 Å². The lowest BCUT2D eigenvalue weighted by molar-refractivity contribution is 0.0711. The number of amides is 2. The summed E-state index contributed by atoms with van der Waals surface area (Å²) in [6, 6.07) is 23.3. The molecule has 4 N–H and O–H groups in total. The summed E-state index contributed by atoms with van der Waals surface area (Å²) in [5.41, 5.74) is 12.2. The highest BCUT2D eigenvalue weighted by molar-refractivity contribution is 6.04. The summed E-state index contributed by atoms with van der Waals surface area (Å²) < 4.78 is 1.94. The predicted molar refractivity (Wildman–Crippen MR) is 153 cm³/mol. The van der Waals surface area contributed by atoms with Gasteiger partial charge in [0.15, 0.2) is 5.69 Å². The Morgan fingerprint density at radius 1 is 1.08 bits per heavy atom. The number of nitrogen functional groups attached to an aromatic ring is 1. The highest BCUT2D eigenvalue weighted by Gasteiger charge is 2.34. The lowest BCUT2D eigenvalue weighted by Gasteiger charge is -2.32. The fourth-order valence-corrected chi connectivity index (χ4v) is 5.57. The van der Waals surface area contributed by atoms with Gasteiger partial charge in [-0.1, -0.05) is 43.3 Å². The van der Waals surface area contributed by atoms with Crippen LogP contribution in [-0.2, 0) is 13.1 Å². The van der Waals surface area contributed by atoms with Gasteiger partial charge in [0.2, 0.25) is 0 Å². The van der Waals surface area contributed by atoms with Crippen molar-refractivity contribution in [2.24, 2.45) is 0 Å². The van der Waals surface area contributed by atoms with Gasteiger partial charge in [0.1, 0.15) is 5.69 Å². The van der Waals surface area contributed by atoms with Crippen LogP contribution in [0.15, 0.2) is 79.0 Å². The molecule has 0 fully saturated rings. The number of aryl methyl sites for hydroxylation is 1. The molecule has 5 aromatic rings. The van der Waals surface area contributed by atoms with Crippen LogP contribution in [-0.4, -0.2) is 38.0 Å². The van der Waals surface area contributed by atoms with Gasteiger partial charge in [0, 0.05) is 41.3 Å². The quantitative estimate of drug-likeness (QED) is 0.274. The van der Waals surface area contributed by atoms with Crippen LogP contribution in [0.5, 0.6) is 0 Å². The van der Waals surface area contributed by atoms with Gasteiger partial charge < -0.3 is 20.9 Å². The number of H-pyrrole nitrogens is 1. The monoisotopic (exact) mass is 518 g/mol. The van der Waals surface area contributed by atoms with Crippen molar-refractivity contribution in [1.82, 2.24) is 19.7 Å². The van der Waals surface area contributed by atoms with Crippen LogP contribution in [0.25, 0.3) is 10.8 Å². The number of nitrogens with zero attached hydrogens (tertiary/aromatic N) is 3. The molecule has 0 bridgehead atoms. The fourth-order valence-electron chi connectivity index (χ4n) is 5.57. The Hall–Kier alpha value is -4.85. The molecule has 6 rings (SSSR count). The number of nitrogens with one attached hydrogen (secondary N) is 2. The normalized spacial score (nSPS) is 14.8. The third-order valence-electron chi connectivity index (χ3n) is 7.33. The summed E-state index contributed by atoms with van der Waals surface area (Å²) in [7, 11) is 0. The Labute approximate surface area is 226 Å². The lowest BCUT2D eigenvalue weighted by atomic mass is 9.95. The Kier molecular flexibility index (Phi) is 6.15. The Balaban J connectivity index is 1.41. The van der Waals surface area contributed by atoms with Crippen LogP contribution in [0.1, 0.15) is 56.2 Å². The minimum absolute atomic E-state index is 0.0219. The largest absolute Gasteiger partial charge is 0.399 e. The van der Waals surface area contributed by atoms with Crippen LogP contribution in [0, 0.1) is 6.92 Å². The van der Waals surface area contributed by atoms with Crippen molar-refractivity contribution in [3.8, 4) is 0 Å². The topological polar surface area (TPSA) is 109 Å². The molecule has 8 nitrogen and oxygen atoms in total. The van der Waals surface area contributed by atoms with Crippen molar-refractivity contribution in [2.75, 3.05) is 17.6 Å². The molecule has 2 amide bonds. The summed E-state index contributed by atoms with van der Waals surface area (Å²) in [5.74, 6) is -0.407. The minimum atomic E-state index is -0.289. The molecule has 1 aliphatic rings. The second-order valence-electron chi connectivity index (χ2n) is 10.3. The zero-order valence-corrected chi connectivity index (χ0v) is 21.9. The minimum Gasteiger partial charge on any atom is -0.399 e. The van der Waals surface area contributed by atoms with Gasteiger partial charge in [0.05, 0.1) is 13.1 Å².